The van der Waals surface area contributed by atoms with E-state index in [1.807, 2.05) is 0 Å². The van der Waals surface area contributed by atoms with Crippen LogP contribution in [-0.4, -0.2) is 16.3 Å². The van der Waals surface area contributed by atoms with Crippen LogP contribution in [0.3, 0.4) is 0 Å². The molecule has 106 valence electrons. The van der Waals surface area contributed by atoms with E-state index >= 15 is 0 Å². The summed E-state index contributed by atoms with van der Waals surface area (Å²) in [7, 11) is 0. The predicted octanol–water partition coefficient (Wildman–Crippen LogP) is 3.41. The SMILES string of the molecule is CCCCn1ncc(NCCC2CCC2)c(Br)c1=O. The van der Waals surface area contributed by atoms with Crippen LogP contribution in [0.5, 0.6) is 0 Å². The average molecular weight is 328 g/mol. The molecule has 1 aliphatic rings. The predicted molar refractivity (Wildman–Crippen MR) is 81.6 cm³/mol. The Kier molecular flexibility index (Phi) is 5.43. The van der Waals surface area contributed by atoms with Crippen LogP contribution < -0.4 is 10.9 Å². The summed E-state index contributed by atoms with van der Waals surface area (Å²) in [5, 5.41) is 7.53. The Morgan fingerprint density at radius 1 is 1.53 bits per heavy atom. The van der Waals surface area contributed by atoms with Crippen molar-refractivity contribution in [1.29, 1.82) is 0 Å². The lowest BCUT2D eigenvalue weighted by atomic mass is 9.83. The second-order valence-electron chi connectivity index (χ2n) is 5.27. The Morgan fingerprint density at radius 2 is 2.32 bits per heavy atom. The molecule has 0 spiro atoms. The van der Waals surface area contributed by atoms with Gasteiger partial charge in [0.15, 0.2) is 0 Å². The molecule has 0 atom stereocenters. The lowest BCUT2D eigenvalue weighted by Gasteiger charge is -2.25. The van der Waals surface area contributed by atoms with Gasteiger partial charge in [-0.25, -0.2) is 4.68 Å². The summed E-state index contributed by atoms with van der Waals surface area (Å²) < 4.78 is 2.14. The van der Waals surface area contributed by atoms with E-state index in [0.717, 1.165) is 31.0 Å². The molecule has 1 aliphatic carbocycles. The van der Waals surface area contributed by atoms with E-state index in [0.29, 0.717) is 11.0 Å². The van der Waals surface area contributed by atoms with Crippen molar-refractivity contribution in [3.8, 4) is 0 Å². The van der Waals surface area contributed by atoms with E-state index in [4.69, 9.17) is 0 Å². The van der Waals surface area contributed by atoms with Gasteiger partial charge in [0, 0.05) is 13.1 Å². The summed E-state index contributed by atoms with van der Waals surface area (Å²) in [4.78, 5) is 12.1. The van der Waals surface area contributed by atoms with Crippen molar-refractivity contribution >= 4 is 21.6 Å². The van der Waals surface area contributed by atoms with Gasteiger partial charge >= 0.3 is 0 Å². The van der Waals surface area contributed by atoms with Crippen LogP contribution in [0.15, 0.2) is 15.5 Å². The number of aromatic nitrogens is 2. The molecule has 0 unspecified atom stereocenters. The highest BCUT2D eigenvalue weighted by Crippen LogP contribution is 2.29. The van der Waals surface area contributed by atoms with Crippen LogP contribution in [-0.2, 0) is 6.54 Å². The van der Waals surface area contributed by atoms with Crippen molar-refractivity contribution in [1.82, 2.24) is 9.78 Å². The van der Waals surface area contributed by atoms with Gasteiger partial charge in [-0.15, -0.1) is 0 Å². The summed E-state index contributed by atoms with van der Waals surface area (Å²) in [6, 6.07) is 0. The maximum atomic E-state index is 12.1. The maximum absolute atomic E-state index is 12.1. The third-order valence-electron chi connectivity index (χ3n) is 3.80. The molecule has 1 fully saturated rings. The number of nitrogens with one attached hydrogen (secondary N) is 1. The largest absolute Gasteiger partial charge is 0.383 e. The van der Waals surface area contributed by atoms with Crippen LogP contribution >= 0.6 is 15.9 Å². The molecule has 2 rings (SSSR count). The van der Waals surface area contributed by atoms with Gasteiger partial charge in [0.05, 0.1) is 11.9 Å². The topological polar surface area (TPSA) is 46.9 Å². The lowest BCUT2D eigenvalue weighted by Crippen LogP contribution is -2.25. The molecular weight excluding hydrogens is 306 g/mol. The van der Waals surface area contributed by atoms with E-state index in [2.05, 4.69) is 33.3 Å². The Hall–Kier alpha value is -0.840. The molecular formula is C14H22BrN3O. The van der Waals surface area contributed by atoms with Gasteiger partial charge < -0.3 is 5.32 Å². The van der Waals surface area contributed by atoms with Crippen molar-refractivity contribution < 1.29 is 0 Å². The van der Waals surface area contributed by atoms with Gasteiger partial charge in [-0.2, -0.15) is 5.10 Å². The average Bonchev–Trinajstić information content (AvgIpc) is 2.36. The van der Waals surface area contributed by atoms with Crippen LogP contribution in [0.25, 0.3) is 0 Å². The highest BCUT2D eigenvalue weighted by Gasteiger charge is 2.16. The summed E-state index contributed by atoms with van der Waals surface area (Å²) in [6.45, 7) is 3.72. The van der Waals surface area contributed by atoms with Crippen LogP contribution in [0.4, 0.5) is 5.69 Å². The maximum Gasteiger partial charge on any atom is 0.283 e. The third kappa shape index (κ3) is 3.81. The minimum atomic E-state index is -0.0397. The first-order valence-corrected chi connectivity index (χ1v) is 8.01. The van der Waals surface area contributed by atoms with E-state index in [-0.39, 0.29) is 5.56 Å². The molecule has 1 saturated carbocycles. The molecule has 0 radical (unpaired) electrons. The fourth-order valence-electron chi connectivity index (χ4n) is 2.25. The minimum absolute atomic E-state index is 0.0397. The lowest BCUT2D eigenvalue weighted by molar-refractivity contribution is 0.303. The van der Waals surface area contributed by atoms with Crippen molar-refractivity contribution in [3.63, 3.8) is 0 Å². The summed E-state index contributed by atoms with van der Waals surface area (Å²) in [5.41, 5.74) is 0.777. The monoisotopic (exact) mass is 327 g/mol. The molecule has 1 N–H and O–H groups in total. The molecule has 0 saturated heterocycles. The quantitative estimate of drug-likeness (QED) is 0.834. The summed E-state index contributed by atoms with van der Waals surface area (Å²) in [6.07, 6.45) is 9.08. The number of unbranched alkanes of at least 4 members (excludes halogenated alkanes) is 1. The molecule has 4 nitrogen and oxygen atoms in total. The second-order valence-corrected chi connectivity index (χ2v) is 6.06. The number of hydrogen-bond donors (Lipinski definition) is 1. The fraction of sp³-hybridized carbons (Fsp3) is 0.714. The Bertz CT molecular complexity index is 468. The zero-order chi connectivity index (χ0) is 13.7. The van der Waals surface area contributed by atoms with Gasteiger partial charge in [-0.3, -0.25) is 4.79 Å². The van der Waals surface area contributed by atoms with Crippen LogP contribution in [0.2, 0.25) is 0 Å². The Morgan fingerprint density at radius 3 is 2.95 bits per heavy atom. The van der Waals surface area contributed by atoms with Gasteiger partial charge in [0.2, 0.25) is 0 Å². The summed E-state index contributed by atoms with van der Waals surface area (Å²) in [5.74, 6) is 0.879. The first kappa shape index (κ1) is 14.6. The van der Waals surface area contributed by atoms with Gasteiger partial charge in [0.25, 0.3) is 5.56 Å². The molecule has 0 bridgehead atoms. The normalized spacial score (nSPS) is 15.3. The molecule has 5 heteroatoms. The fourth-order valence-corrected chi connectivity index (χ4v) is 2.70. The molecule has 0 amide bonds. The zero-order valence-electron chi connectivity index (χ0n) is 11.5. The smallest absolute Gasteiger partial charge is 0.283 e. The van der Waals surface area contributed by atoms with Gasteiger partial charge in [0.1, 0.15) is 4.47 Å². The highest BCUT2D eigenvalue weighted by atomic mass is 79.9. The molecule has 1 aromatic heterocycles. The number of aryl methyl sites for hydroxylation is 1. The number of nitrogens with zero attached hydrogens (tertiary/aromatic N) is 2. The summed E-state index contributed by atoms with van der Waals surface area (Å²) >= 11 is 3.39. The second kappa shape index (κ2) is 7.08. The van der Waals surface area contributed by atoms with E-state index < -0.39 is 0 Å². The van der Waals surface area contributed by atoms with Crippen molar-refractivity contribution in [3.05, 3.63) is 21.0 Å². The Labute approximate surface area is 122 Å². The van der Waals surface area contributed by atoms with Crippen LogP contribution in [0.1, 0.15) is 45.4 Å². The standard InChI is InChI=1S/C14H22BrN3O/c1-2-3-9-18-14(19)13(15)12(10-17-18)16-8-7-11-5-4-6-11/h10-11,16H,2-9H2,1H3. The zero-order valence-corrected chi connectivity index (χ0v) is 13.1. The number of halogens is 1. The molecule has 19 heavy (non-hydrogen) atoms. The number of rotatable bonds is 7. The third-order valence-corrected chi connectivity index (χ3v) is 4.57. The highest BCUT2D eigenvalue weighted by molar-refractivity contribution is 9.10. The molecule has 0 aromatic carbocycles. The number of anilines is 1. The minimum Gasteiger partial charge on any atom is -0.383 e. The van der Waals surface area contributed by atoms with Crippen LogP contribution in [0, 0.1) is 5.92 Å². The van der Waals surface area contributed by atoms with E-state index in [1.165, 1.54) is 30.4 Å². The van der Waals surface area contributed by atoms with E-state index in [1.54, 1.807) is 6.20 Å². The van der Waals surface area contributed by atoms with Crippen molar-refractivity contribution in [2.45, 2.75) is 52.0 Å². The molecule has 1 heterocycles. The van der Waals surface area contributed by atoms with Gasteiger partial charge in [-0.1, -0.05) is 32.6 Å². The first-order chi connectivity index (χ1) is 9.22. The Balaban J connectivity index is 1.93. The first-order valence-electron chi connectivity index (χ1n) is 7.22. The molecule has 0 aliphatic heterocycles. The molecule has 1 aromatic rings. The van der Waals surface area contributed by atoms with Gasteiger partial charge in [-0.05, 0) is 34.7 Å². The number of hydrogen-bond acceptors (Lipinski definition) is 3. The van der Waals surface area contributed by atoms with Crippen molar-refractivity contribution in [2.24, 2.45) is 5.92 Å². The van der Waals surface area contributed by atoms with E-state index in [9.17, 15) is 4.79 Å². The van der Waals surface area contributed by atoms with Crippen molar-refractivity contribution in [2.75, 3.05) is 11.9 Å².